The van der Waals surface area contributed by atoms with Crippen molar-refractivity contribution in [3.05, 3.63) is 63.9 Å². The second kappa shape index (κ2) is 6.27. The molecule has 0 unspecified atom stereocenters. The van der Waals surface area contributed by atoms with Crippen molar-refractivity contribution in [3.8, 4) is 0 Å². The summed E-state index contributed by atoms with van der Waals surface area (Å²) in [4.78, 5) is 12.4. The summed E-state index contributed by atoms with van der Waals surface area (Å²) in [6.45, 7) is 1.85. The van der Waals surface area contributed by atoms with Gasteiger partial charge < -0.3 is 0 Å². The highest BCUT2D eigenvalue weighted by molar-refractivity contribution is 7.89. The molecule has 1 aliphatic rings. The molecule has 0 saturated heterocycles. The lowest BCUT2D eigenvalue weighted by molar-refractivity contribution is 0.0981. The van der Waals surface area contributed by atoms with Crippen molar-refractivity contribution < 1.29 is 17.6 Å². The second-order valence-electron chi connectivity index (χ2n) is 5.75. The molecule has 0 atom stereocenters. The molecule has 0 fully saturated rings. The van der Waals surface area contributed by atoms with Crippen LogP contribution in [0.25, 0.3) is 0 Å². The standard InChI is InChI=1S/C17H15ClFNO3S/c1-11-2-4-13(5-3-11)24(22,23)20-7-6-17(21)14-9-15(18)16(19)8-12(14)10-20/h2-5,8-9H,6-7,10H2,1H3. The third kappa shape index (κ3) is 3.09. The van der Waals surface area contributed by atoms with Crippen molar-refractivity contribution in [2.75, 3.05) is 6.54 Å². The third-order valence-corrected chi connectivity index (χ3v) is 6.19. The fourth-order valence-corrected chi connectivity index (χ4v) is 4.26. The highest BCUT2D eigenvalue weighted by Crippen LogP contribution is 2.28. The average Bonchev–Trinajstić information content (AvgIpc) is 2.69. The van der Waals surface area contributed by atoms with Gasteiger partial charge in [0, 0.05) is 25.1 Å². The smallest absolute Gasteiger partial charge is 0.243 e. The van der Waals surface area contributed by atoms with Crippen LogP contribution in [0.3, 0.4) is 0 Å². The predicted molar refractivity (Wildman–Crippen MR) is 89.1 cm³/mol. The summed E-state index contributed by atoms with van der Waals surface area (Å²) < 4.78 is 40.6. The van der Waals surface area contributed by atoms with Crippen LogP contribution in [0.2, 0.25) is 5.02 Å². The van der Waals surface area contributed by atoms with E-state index < -0.39 is 15.8 Å². The van der Waals surface area contributed by atoms with Gasteiger partial charge in [0.15, 0.2) is 5.78 Å². The molecular formula is C17H15ClFNO3S. The van der Waals surface area contributed by atoms with E-state index in [1.54, 1.807) is 12.1 Å². The van der Waals surface area contributed by atoms with Crippen molar-refractivity contribution in [3.63, 3.8) is 0 Å². The Morgan fingerprint density at radius 3 is 2.50 bits per heavy atom. The number of carbonyl (C=O) groups excluding carboxylic acids is 1. The normalized spacial score (nSPS) is 15.9. The molecule has 0 aliphatic carbocycles. The molecular weight excluding hydrogens is 353 g/mol. The summed E-state index contributed by atoms with van der Waals surface area (Å²) in [6.07, 6.45) is 0.0278. The van der Waals surface area contributed by atoms with Gasteiger partial charge in [-0.05, 0) is 36.8 Å². The number of hydrogen-bond acceptors (Lipinski definition) is 3. The molecule has 3 rings (SSSR count). The monoisotopic (exact) mass is 367 g/mol. The first-order chi connectivity index (χ1) is 11.3. The van der Waals surface area contributed by atoms with E-state index in [-0.39, 0.29) is 40.8 Å². The molecule has 0 spiro atoms. The van der Waals surface area contributed by atoms with Gasteiger partial charge in [-0.15, -0.1) is 0 Å². The summed E-state index contributed by atoms with van der Waals surface area (Å²) in [5.74, 6) is -0.911. The van der Waals surface area contributed by atoms with E-state index in [2.05, 4.69) is 0 Å². The van der Waals surface area contributed by atoms with Crippen molar-refractivity contribution >= 4 is 27.4 Å². The lowest BCUT2D eigenvalue weighted by Gasteiger charge is -2.20. The predicted octanol–water partition coefficient (Wildman–Crippen LogP) is 3.56. The van der Waals surface area contributed by atoms with Crippen molar-refractivity contribution in [2.45, 2.75) is 24.8 Å². The fourth-order valence-electron chi connectivity index (χ4n) is 2.67. The number of carbonyl (C=O) groups is 1. The maximum Gasteiger partial charge on any atom is 0.243 e. The molecule has 2 aromatic carbocycles. The number of ketones is 1. The molecule has 0 N–H and O–H groups in total. The van der Waals surface area contributed by atoms with Gasteiger partial charge >= 0.3 is 0 Å². The van der Waals surface area contributed by atoms with Crippen LogP contribution < -0.4 is 0 Å². The van der Waals surface area contributed by atoms with Crippen molar-refractivity contribution in [1.29, 1.82) is 0 Å². The number of rotatable bonds is 2. The van der Waals surface area contributed by atoms with Crippen LogP contribution in [-0.2, 0) is 16.6 Å². The zero-order valence-corrected chi connectivity index (χ0v) is 14.5. The Balaban J connectivity index is 2.02. The lowest BCUT2D eigenvalue weighted by atomic mass is 10.0. The lowest BCUT2D eigenvalue weighted by Crippen LogP contribution is -2.31. The van der Waals surface area contributed by atoms with Crippen LogP contribution in [0.15, 0.2) is 41.3 Å². The summed E-state index contributed by atoms with van der Waals surface area (Å²) in [5, 5.41) is -0.142. The van der Waals surface area contributed by atoms with E-state index >= 15 is 0 Å². The molecule has 1 heterocycles. The Bertz CT molecular complexity index is 910. The molecule has 4 nitrogen and oxygen atoms in total. The molecule has 1 aliphatic heterocycles. The zero-order chi connectivity index (χ0) is 17.5. The van der Waals surface area contributed by atoms with Crippen LogP contribution in [-0.4, -0.2) is 25.1 Å². The molecule has 24 heavy (non-hydrogen) atoms. The van der Waals surface area contributed by atoms with Gasteiger partial charge in [-0.1, -0.05) is 29.3 Å². The first-order valence-corrected chi connectivity index (χ1v) is 9.19. The van der Waals surface area contributed by atoms with Crippen molar-refractivity contribution in [1.82, 2.24) is 4.31 Å². The van der Waals surface area contributed by atoms with E-state index in [0.29, 0.717) is 5.56 Å². The fraction of sp³-hybridized carbons (Fsp3) is 0.235. The van der Waals surface area contributed by atoms with Crippen molar-refractivity contribution in [2.24, 2.45) is 0 Å². The van der Waals surface area contributed by atoms with E-state index in [1.807, 2.05) is 6.92 Å². The van der Waals surface area contributed by atoms with Crippen LogP contribution in [0.1, 0.15) is 27.9 Å². The molecule has 0 amide bonds. The van der Waals surface area contributed by atoms with Gasteiger partial charge in [0.1, 0.15) is 5.82 Å². The summed E-state index contributed by atoms with van der Waals surface area (Å²) >= 11 is 5.74. The van der Waals surface area contributed by atoms with Gasteiger partial charge in [-0.25, -0.2) is 12.8 Å². The topological polar surface area (TPSA) is 54.5 Å². The van der Waals surface area contributed by atoms with Crippen LogP contribution in [0.5, 0.6) is 0 Å². The Kier molecular flexibility index (Phi) is 4.46. The molecule has 7 heteroatoms. The minimum absolute atomic E-state index is 0.0278. The molecule has 126 valence electrons. The van der Waals surface area contributed by atoms with Crippen LogP contribution in [0.4, 0.5) is 4.39 Å². The number of aryl methyl sites for hydroxylation is 1. The number of fused-ring (bicyclic) bond motifs is 1. The maximum absolute atomic E-state index is 13.7. The molecule has 0 radical (unpaired) electrons. The molecule has 0 saturated carbocycles. The number of hydrogen-bond donors (Lipinski definition) is 0. The van der Waals surface area contributed by atoms with Gasteiger partial charge in [0.2, 0.25) is 10.0 Å². The van der Waals surface area contributed by atoms with E-state index in [4.69, 9.17) is 11.6 Å². The largest absolute Gasteiger partial charge is 0.294 e. The first-order valence-electron chi connectivity index (χ1n) is 7.37. The average molecular weight is 368 g/mol. The molecule has 0 aromatic heterocycles. The van der Waals surface area contributed by atoms with Gasteiger partial charge in [-0.2, -0.15) is 4.31 Å². The van der Waals surface area contributed by atoms with E-state index in [9.17, 15) is 17.6 Å². The van der Waals surface area contributed by atoms with E-state index in [1.165, 1.54) is 22.5 Å². The maximum atomic E-state index is 13.7. The van der Waals surface area contributed by atoms with Gasteiger partial charge in [-0.3, -0.25) is 4.79 Å². The number of nitrogens with zero attached hydrogens (tertiary/aromatic N) is 1. The molecule has 2 aromatic rings. The highest BCUT2D eigenvalue weighted by atomic mass is 35.5. The minimum Gasteiger partial charge on any atom is -0.294 e. The summed E-state index contributed by atoms with van der Waals surface area (Å²) in [6, 6.07) is 8.89. The Hall–Kier alpha value is -1.76. The first kappa shape index (κ1) is 17.1. The van der Waals surface area contributed by atoms with Crippen LogP contribution >= 0.6 is 11.6 Å². The number of benzene rings is 2. The van der Waals surface area contributed by atoms with Gasteiger partial charge in [0.05, 0.1) is 9.92 Å². The molecule has 0 bridgehead atoms. The summed E-state index contributed by atoms with van der Waals surface area (Å²) in [5.41, 5.74) is 1.56. The van der Waals surface area contributed by atoms with Gasteiger partial charge in [0.25, 0.3) is 0 Å². The van der Waals surface area contributed by atoms with Crippen LogP contribution in [0, 0.1) is 12.7 Å². The highest BCUT2D eigenvalue weighted by Gasteiger charge is 2.30. The quantitative estimate of drug-likeness (QED) is 0.815. The summed E-state index contributed by atoms with van der Waals surface area (Å²) in [7, 11) is -3.77. The Labute approximate surface area is 144 Å². The SMILES string of the molecule is Cc1ccc(S(=O)(=O)N2CCC(=O)c3cc(Cl)c(F)cc3C2)cc1. The minimum atomic E-state index is -3.77. The Morgan fingerprint density at radius 1 is 1.17 bits per heavy atom. The zero-order valence-electron chi connectivity index (χ0n) is 12.9. The number of sulfonamides is 1. The number of Topliss-reactive ketones (excluding diaryl/α,β-unsaturated/α-hetero) is 1. The third-order valence-electron chi connectivity index (χ3n) is 4.04. The number of halogens is 2. The Morgan fingerprint density at radius 2 is 1.83 bits per heavy atom. The second-order valence-corrected chi connectivity index (χ2v) is 8.09. The van der Waals surface area contributed by atoms with E-state index in [0.717, 1.165) is 11.6 Å².